The largest absolute Gasteiger partial charge is 0.447 e. The van der Waals surface area contributed by atoms with Crippen LogP contribution in [0.2, 0.25) is 5.02 Å². The summed E-state index contributed by atoms with van der Waals surface area (Å²) in [6.45, 7) is 11.3. The highest BCUT2D eigenvalue weighted by Crippen LogP contribution is 2.27. The Morgan fingerprint density at radius 1 is 1.31 bits per heavy atom. The molecule has 2 aliphatic rings. The Morgan fingerprint density at radius 3 is 2.62 bits per heavy atom. The minimum absolute atomic E-state index is 0.0245. The van der Waals surface area contributed by atoms with Crippen LogP contribution < -0.4 is 5.32 Å². The van der Waals surface area contributed by atoms with Gasteiger partial charge in [0, 0.05) is 42.9 Å². The van der Waals surface area contributed by atoms with Crippen molar-refractivity contribution in [2.75, 3.05) is 38.2 Å². The van der Waals surface area contributed by atoms with Crippen molar-refractivity contribution in [3.8, 4) is 0 Å². The molecule has 10 heteroatoms. The van der Waals surface area contributed by atoms with Crippen molar-refractivity contribution in [2.24, 2.45) is 5.92 Å². The molecule has 0 aliphatic carbocycles. The standard InChI is InChI=1S/C22H32ClN5O4/c1-13(2)31-22(29)28-6-5-27(9-14(28)3)10-16-7-18(23)8-19(15(16)4)26-21(25)32-20(24)17-11-30-12-17/h7-8,13-14,17,24H,5-6,9-12H2,1-4H3,(H2,25,26)/t14-/m0/s1. The highest BCUT2D eigenvalue weighted by Gasteiger charge is 2.29. The van der Waals surface area contributed by atoms with Crippen molar-refractivity contribution < 1.29 is 19.0 Å². The number of amidine groups is 1. The molecule has 0 unspecified atom stereocenters. The lowest BCUT2D eigenvalue weighted by atomic mass is 10.0. The Morgan fingerprint density at radius 2 is 2.03 bits per heavy atom. The molecule has 0 spiro atoms. The zero-order chi connectivity index (χ0) is 23.4. The van der Waals surface area contributed by atoms with Gasteiger partial charge in [0.1, 0.15) is 0 Å². The van der Waals surface area contributed by atoms with Gasteiger partial charge < -0.3 is 24.4 Å². The maximum atomic E-state index is 12.3. The first-order valence-corrected chi connectivity index (χ1v) is 11.2. The zero-order valence-electron chi connectivity index (χ0n) is 19.0. The summed E-state index contributed by atoms with van der Waals surface area (Å²) in [5, 5.41) is 19.4. The fourth-order valence-corrected chi connectivity index (χ4v) is 3.96. The lowest BCUT2D eigenvalue weighted by molar-refractivity contribution is -0.00523. The van der Waals surface area contributed by atoms with E-state index in [1.807, 2.05) is 33.8 Å². The first kappa shape index (κ1) is 24.3. The first-order valence-electron chi connectivity index (χ1n) is 10.8. The summed E-state index contributed by atoms with van der Waals surface area (Å²) in [4.78, 5) is 16.3. The predicted molar refractivity (Wildman–Crippen MR) is 124 cm³/mol. The molecule has 1 aromatic carbocycles. The Kier molecular flexibility index (Phi) is 7.97. The second-order valence-electron chi connectivity index (χ2n) is 8.60. The summed E-state index contributed by atoms with van der Waals surface area (Å²) in [6, 6.07) is 3.49. The van der Waals surface area contributed by atoms with Crippen molar-refractivity contribution in [2.45, 2.75) is 46.4 Å². The monoisotopic (exact) mass is 465 g/mol. The van der Waals surface area contributed by atoms with Gasteiger partial charge in [-0.15, -0.1) is 0 Å². The molecule has 0 radical (unpaired) electrons. The van der Waals surface area contributed by atoms with Crippen LogP contribution in [0, 0.1) is 23.7 Å². The van der Waals surface area contributed by atoms with E-state index in [1.165, 1.54) is 0 Å². The molecule has 0 aromatic heterocycles. The predicted octanol–water partition coefficient (Wildman–Crippen LogP) is 3.69. The third kappa shape index (κ3) is 6.11. The molecule has 9 nitrogen and oxygen atoms in total. The number of nitrogens with one attached hydrogen (secondary N) is 3. The second kappa shape index (κ2) is 10.5. The van der Waals surface area contributed by atoms with Crippen LogP contribution in [0.1, 0.15) is 31.9 Å². The number of amides is 1. The van der Waals surface area contributed by atoms with Crippen LogP contribution in [0.4, 0.5) is 10.5 Å². The van der Waals surface area contributed by atoms with Crippen LogP contribution in [0.3, 0.4) is 0 Å². The lowest BCUT2D eigenvalue weighted by Crippen LogP contribution is -2.54. The molecule has 3 N–H and O–H groups in total. The number of nitrogens with zero attached hydrogens (tertiary/aromatic N) is 2. The van der Waals surface area contributed by atoms with Gasteiger partial charge in [-0.25, -0.2) is 4.79 Å². The number of anilines is 1. The van der Waals surface area contributed by atoms with Crippen LogP contribution in [0.25, 0.3) is 0 Å². The lowest BCUT2D eigenvalue weighted by Gasteiger charge is -2.39. The molecule has 1 aromatic rings. The fraction of sp³-hybridized carbons (Fsp3) is 0.591. The highest BCUT2D eigenvalue weighted by molar-refractivity contribution is 6.31. The maximum absolute atomic E-state index is 12.3. The average molecular weight is 466 g/mol. The fourth-order valence-electron chi connectivity index (χ4n) is 3.72. The van der Waals surface area contributed by atoms with Crippen LogP contribution >= 0.6 is 11.6 Å². The Balaban J connectivity index is 1.61. The normalized spacial score (nSPS) is 19.4. The number of carbonyl (C=O) groups excluding carboxylic acids is 1. The van der Waals surface area contributed by atoms with Crippen molar-refractivity contribution >= 4 is 35.3 Å². The van der Waals surface area contributed by atoms with Gasteiger partial charge in [0.25, 0.3) is 6.02 Å². The van der Waals surface area contributed by atoms with E-state index < -0.39 is 0 Å². The Bertz CT molecular complexity index is 874. The van der Waals surface area contributed by atoms with E-state index in [4.69, 9.17) is 36.6 Å². The van der Waals surface area contributed by atoms with Gasteiger partial charge in [-0.3, -0.25) is 15.7 Å². The number of hydrogen-bond donors (Lipinski definition) is 3. The number of ether oxygens (including phenoxy) is 3. The number of rotatable bonds is 5. The van der Waals surface area contributed by atoms with Gasteiger partial charge in [-0.1, -0.05) is 11.6 Å². The van der Waals surface area contributed by atoms with E-state index in [9.17, 15) is 4.79 Å². The van der Waals surface area contributed by atoms with Crippen LogP contribution in [-0.4, -0.2) is 72.8 Å². The molecule has 1 amide bonds. The smallest absolute Gasteiger partial charge is 0.410 e. The minimum Gasteiger partial charge on any atom is -0.447 e. The van der Waals surface area contributed by atoms with E-state index in [2.05, 4.69) is 10.2 Å². The van der Waals surface area contributed by atoms with Crippen LogP contribution in [-0.2, 0) is 20.8 Å². The third-order valence-electron chi connectivity index (χ3n) is 5.63. The van der Waals surface area contributed by atoms with Gasteiger partial charge in [0.2, 0.25) is 0 Å². The molecular weight excluding hydrogens is 434 g/mol. The topological polar surface area (TPSA) is 111 Å². The number of piperazine rings is 1. The van der Waals surface area contributed by atoms with E-state index in [0.29, 0.717) is 37.0 Å². The summed E-state index contributed by atoms with van der Waals surface area (Å²) in [7, 11) is 0. The molecular formula is C22H32ClN5O4. The summed E-state index contributed by atoms with van der Waals surface area (Å²) in [6.07, 6.45) is -0.406. The molecule has 2 aliphatic heterocycles. The maximum Gasteiger partial charge on any atom is 0.410 e. The quantitative estimate of drug-likeness (QED) is 0.451. The SMILES string of the molecule is Cc1c(CN2CCN(C(=O)OC(C)C)[C@@H](C)C2)cc(Cl)cc1NC(=N)OC(=N)C1COC1. The molecule has 0 saturated carbocycles. The first-order chi connectivity index (χ1) is 15.1. The number of benzene rings is 1. The molecule has 2 heterocycles. The van der Waals surface area contributed by atoms with Crippen molar-refractivity contribution in [1.82, 2.24) is 9.80 Å². The van der Waals surface area contributed by atoms with Gasteiger partial charge in [0.05, 0.1) is 25.2 Å². The van der Waals surface area contributed by atoms with Crippen molar-refractivity contribution in [3.05, 3.63) is 28.3 Å². The van der Waals surface area contributed by atoms with Crippen LogP contribution in [0.15, 0.2) is 12.1 Å². The summed E-state index contributed by atoms with van der Waals surface area (Å²) in [5.41, 5.74) is 2.65. The van der Waals surface area contributed by atoms with Gasteiger partial charge in [0.15, 0.2) is 5.90 Å². The summed E-state index contributed by atoms with van der Waals surface area (Å²) < 4.78 is 15.7. The zero-order valence-corrected chi connectivity index (χ0v) is 19.8. The molecule has 1 atom stereocenters. The minimum atomic E-state index is -0.268. The van der Waals surface area contributed by atoms with E-state index in [0.717, 1.165) is 24.2 Å². The molecule has 176 valence electrons. The third-order valence-corrected chi connectivity index (χ3v) is 5.84. The molecule has 3 rings (SSSR count). The second-order valence-corrected chi connectivity index (χ2v) is 9.04. The Labute approximate surface area is 194 Å². The molecule has 0 bridgehead atoms. The van der Waals surface area contributed by atoms with Gasteiger partial charge in [-0.05, 0) is 51.0 Å². The Hall–Kier alpha value is -2.36. The molecule has 2 saturated heterocycles. The summed E-state index contributed by atoms with van der Waals surface area (Å²) >= 11 is 6.35. The van der Waals surface area contributed by atoms with Crippen molar-refractivity contribution in [1.29, 1.82) is 10.8 Å². The van der Waals surface area contributed by atoms with Gasteiger partial charge >= 0.3 is 6.09 Å². The highest BCUT2D eigenvalue weighted by atomic mass is 35.5. The molecule has 2 fully saturated rings. The van der Waals surface area contributed by atoms with Gasteiger partial charge in [-0.2, -0.15) is 0 Å². The van der Waals surface area contributed by atoms with E-state index in [1.54, 1.807) is 11.0 Å². The van der Waals surface area contributed by atoms with E-state index in [-0.39, 0.29) is 36.1 Å². The van der Waals surface area contributed by atoms with Crippen molar-refractivity contribution in [3.63, 3.8) is 0 Å². The van der Waals surface area contributed by atoms with Crippen LogP contribution in [0.5, 0.6) is 0 Å². The molecule has 32 heavy (non-hydrogen) atoms. The number of carbonyl (C=O) groups is 1. The van der Waals surface area contributed by atoms with E-state index >= 15 is 0 Å². The number of hydrogen-bond acceptors (Lipinski definition) is 7. The summed E-state index contributed by atoms with van der Waals surface area (Å²) in [5.74, 6) is -0.0665. The average Bonchev–Trinajstić information content (AvgIpc) is 2.63. The number of halogens is 1.